The van der Waals surface area contributed by atoms with Crippen molar-refractivity contribution in [1.29, 1.82) is 5.26 Å². The van der Waals surface area contributed by atoms with Crippen LogP contribution in [0.2, 0.25) is 5.02 Å². The fourth-order valence-corrected chi connectivity index (χ4v) is 2.18. The number of rotatable bonds is 9. The Bertz CT molecular complexity index is 578. The number of halogens is 1. The van der Waals surface area contributed by atoms with Crippen LogP contribution in [0.15, 0.2) is 36.0 Å². The van der Waals surface area contributed by atoms with Crippen LogP contribution in [0.25, 0.3) is 0 Å². The van der Waals surface area contributed by atoms with Crippen molar-refractivity contribution in [3.05, 3.63) is 46.6 Å². The summed E-state index contributed by atoms with van der Waals surface area (Å²) < 4.78 is 0. The molecule has 0 aliphatic heterocycles. The largest absolute Gasteiger partial charge is 0.395 e. The minimum absolute atomic E-state index is 0.0675. The Labute approximate surface area is 140 Å². The molecule has 7 heteroatoms. The first-order valence-electron chi connectivity index (χ1n) is 7.22. The maximum atomic E-state index is 12.1. The second-order valence-electron chi connectivity index (χ2n) is 4.70. The Hall–Kier alpha value is -2.07. The molecule has 124 valence electrons. The number of amides is 1. The fraction of sp³-hybridized carbons (Fsp3) is 0.375. The SMILES string of the molecule is N#C/C(=C/NCCc1ccccc1Cl)C(=O)N(CCO)CCO. The van der Waals surface area contributed by atoms with Gasteiger partial charge in [0.25, 0.3) is 5.91 Å². The Morgan fingerprint density at radius 2 is 1.96 bits per heavy atom. The Morgan fingerprint density at radius 3 is 2.52 bits per heavy atom. The minimum atomic E-state index is -0.527. The van der Waals surface area contributed by atoms with Crippen LogP contribution in [-0.4, -0.2) is 53.9 Å². The summed E-state index contributed by atoms with van der Waals surface area (Å²) in [5.74, 6) is -0.527. The zero-order valence-electron chi connectivity index (χ0n) is 12.7. The highest BCUT2D eigenvalue weighted by molar-refractivity contribution is 6.31. The van der Waals surface area contributed by atoms with Gasteiger partial charge in [-0.15, -0.1) is 0 Å². The summed E-state index contributed by atoms with van der Waals surface area (Å²) in [6, 6.07) is 9.28. The molecule has 0 heterocycles. The third kappa shape index (κ3) is 6.28. The van der Waals surface area contributed by atoms with Gasteiger partial charge in [0.05, 0.1) is 13.2 Å². The Balaban J connectivity index is 2.59. The average Bonchev–Trinajstić information content (AvgIpc) is 2.56. The van der Waals surface area contributed by atoms with Gasteiger partial charge >= 0.3 is 0 Å². The summed E-state index contributed by atoms with van der Waals surface area (Å²) in [7, 11) is 0. The first-order chi connectivity index (χ1) is 11.1. The highest BCUT2D eigenvalue weighted by atomic mass is 35.5. The predicted octanol–water partition coefficient (Wildman–Crippen LogP) is 0.693. The van der Waals surface area contributed by atoms with Crippen molar-refractivity contribution in [2.45, 2.75) is 6.42 Å². The molecule has 0 aliphatic rings. The zero-order valence-corrected chi connectivity index (χ0v) is 13.5. The molecule has 0 bridgehead atoms. The fourth-order valence-electron chi connectivity index (χ4n) is 1.95. The molecule has 1 rings (SSSR count). The topological polar surface area (TPSA) is 96.6 Å². The molecule has 0 saturated heterocycles. The lowest BCUT2D eigenvalue weighted by Gasteiger charge is -2.20. The van der Waals surface area contributed by atoms with E-state index in [2.05, 4.69) is 5.32 Å². The zero-order chi connectivity index (χ0) is 17.1. The van der Waals surface area contributed by atoms with Crippen molar-refractivity contribution < 1.29 is 15.0 Å². The van der Waals surface area contributed by atoms with Crippen LogP contribution in [-0.2, 0) is 11.2 Å². The van der Waals surface area contributed by atoms with E-state index in [0.717, 1.165) is 5.56 Å². The molecule has 0 saturated carbocycles. The van der Waals surface area contributed by atoms with Crippen LogP contribution in [0, 0.1) is 11.3 Å². The third-order valence-corrected chi connectivity index (χ3v) is 3.49. The molecule has 23 heavy (non-hydrogen) atoms. The molecule has 0 aliphatic carbocycles. The summed E-state index contributed by atoms with van der Waals surface area (Å²) in [6.45, 7) is 0.188. The standard InChI is InChI=1S/C16H20ClN3O3/c17-15-4-2-1-3-13(15)5-6-19-12-14(11-18)16(23)20(7-9-21)8-10-22/h1-4,12,19,21-22H,5-10H2/b14-12-. The predicted molar refractivity (Wildman–Crippen MR) is 87.6 cm³/mol. The van der Waals surface area contributed by atoms with Gasteiger partial charge in [0.2, 0.25) is 0 Å². The number of nitriles is 1. The Morgan fingerprint density at radius 1 is 1.30 bits per heavy atom. The van der Waals surface area contributed by atoms with Crippen LogP contribution in [0.1, 0.15) is 5.56 Å². The monoisotopic (exact) mass is 337 g/mol. The highest BCUT2D eigenvalue weighted by Crippen LogP contribution is 2.14. The summed E-state index contributed by atoms with van der Waals surface area (Å²) >= 11 is 6.05. The van der Waals surface area contributed by atoms with E-state index in [1.54, 1.807) is 6.07 Å². The maximum absolute atomic E-state index is 12.1. The highest BCUT2D eigenvalue weighted by Gasteiger charge is 2.17. The third-order valence-electron chi connectivity index (χ3n) is 3.12. The molecule has 0 unspecified atom stereocenters. The van der Waals surface area contributed by atoms with Gasteiger partial charge in [-0.2, -0.15) is 5.26 Å². The number of nitrogens with one attached hydrogen (secondary N) is 1. The van der Waals surface area contributed by atoms with Crippen molar-refractivity contribution in [2.75, 3.05) is 32.8 Å². The van der Waals surface area contributed by atoms with Crippen molar-refractivity contribution in [3.63, 3.8) is 0 Å². The minimum Gasteiger partial charge on any atom is -0.395 e. The van der Waals surface area contributed by atoms with Crippen LogP contribution < -0.4 is 5.32 Å². The van der Waals surface area contributed by atoms with E-state index >= 15 is 0 Å². The number of nitrogens with zero attached hydrogens (tertiary/aromatic N) is 2. The number of aliphatic hydroxyl groups is 2. The van der Waals surface area contributed by atoms with Crippen LogP contribution in [0.5, 0.6) is 0 Å². The van der Waals surface area contributed by atoms with Gasteiger partial charge in [-0.05, 0) is 18.1 Å². The molecule has 1 aromatic rings. The average molecular weight is 338 g/mol. The molecule has 0 atom stereocenters. The van der Waals surface area contributed by atoms with Gasteiger partial charge in [0, 0.05) is 30.9 Å². The van der Waals surface area contributed by atoms with Gasteiger partial charge in [0.1, 0.15) is 11.6 Å². The van der Waals surface area contributed by atoms with E-state index in [0.29, 0.717) is 18.0 Å². The summed E-state index contributed by atoms with van der Waals surface area (Å²) in [4.78, 5) is 13.4. The first-order valence-corrected chi connectivity index (χ1v) is 7.60. The second kappa shape index (κ2) is 10.6. The van der Waals surface area contributed by atoms with E-state index in [-0.39, 0.29) is 31.9 Å². The lowest BCUT2D eigenvalue weighted by molar-refractivity contribution is -0.127. The van der Waals surface area contributed by atoms with E-state index in [4.69, 9.17) is 27.1 Å². The molecule has 1 aromatic carbocycles. The number of carbonyl (C=O) groups excluding carboxylic acids is 1. The molecular weight excluding hydrogens is 318 g/mol. The van der Waals surface area contributed by atoms with Gasteiger partial charge in [0.15, 0.2) is 0 Å². The number of benzene rings is 1. The van der Waals surface area contributed by atoms with Gasteiger partial charge in [-0.3, -0.25) is 4.79 Å². The van der Waals surface area contributed by atoms with Crippen molar-refractivity contribution in [3.8, 4) is 6.07 Å². The molecule has 6 nitrogen and oxygen atoms in total. The normalized spacial score (nSPS) is 11.0. The summed E-state index contributed by atoms with van der Waals surface area (Å²) in [5, 5.41) is 30.5. The quantitative estimate of drug-likeness (QED) is 0.350. The molecule has 3 N–H and O–H groups in total. The molecule has 0 aromatic heterocycles. The summed E-state index contributed by atoms with van der Waals surface area (Å²) in [6.07, 6.45) is 2.00. The number of hydrogen-bond donors (Lipinski definition) is 3. The van der Waals surface area contributed by atoms with Gasteiger partial charge < -0.3 is 20.4 Å². The molecule has 0 spiro atoms. The van der Waals surface area contributed by atoms with Gasteiger partial charge in [-0.1, -0.05) is 29.8 Å². The van der Waals surface area contributed by atoms with Crippen molar-refractivity contribution in [2.24, 2.45) is 0 Å². The lowest BCUT2D eigenvalue weighted by atomic mass is 10.1. The Kier molecular flexibility index (Phi) is 8.76. The molecule has 1 amide bonds. The van der Waals surface area contributed by atoms with Crippen molar-refractivity contribution in [1.82, 2.24) is 10.2 Å². The number of aliphatic hydroxyl groups excluding tert-OH is 2. The van der Waals surface area contributed by atoms with Crippen LogP contribution in [0.3, 0.4) is 0 Å². The van der Waals surface area contributed by atoms with E-state index < -0.39 is 5.91 Å². The lowest BCUT2D eigenvalue weighted by Crippen LogP contribution is -2.37. The van der Waals surface area contributed by atoms with E-state index in [1.807, 2.05) is 24.3 Å². The number of hydrogen-bond acceptors (Lipinski definition) is 5. The van der Waals surface area contributed by atoms with E-state index in [9.17, 15) is 4.79 Å². The molecular formula is C16H20ClN3O3. The second-order valence-corrected chi connectivity index (χ2v) is 5.11. The maximum Gasteiger partial charge on any atom is 0.266 e. The molecule has 0 fully saturated rings. The summed E-state index contributed by atoms with van der Waals surface area (Å²) in [5.41, 5.74) is 0.896. The van der Waals surface area contributed by atoms with E-state index in [1.165, 1.54) is 11.1 Å². The molecule has 0 radical (unpaired) electrons. The van der Waals surface area contributed by atoms with Crippen LogP contribution >= 0.6 is 11.6 Å². The van der Waals surface area contributed by atoms with Gasteiger partial charge in [-0.25, -0.2) is 0 Å². The smallest absolute Gasteiger partial charge is 0.266 e. The van der Waals surface area contributed by atoms with Crippen molar-refractivity contribution >= 4 is 17.5 Å². The first kappa shape index (κ1) is 19.0. The van der Waals surface area contributed by atoms with Crippen LogP contribution in [0.4, 0.5) is 0 Å². The number of carbonyl (C=O) groups is 1.